The molecule has 4 N–H and O–H groups in total. The molecular weight excluding hydrogens is 384 g/mol. The van der Waals surface area contributed by atoms with Gasteiger partial charge >= 0.3 is 48.9 Å². The zero-order valence-electron chi connectivity index (χ0n) is 8.63. The van der Waals surface area contributed by atoms with Crippen LogP contribution >= 0.6 is 7.82 Å². The van der Waals surface area contributed by atoms with Crippen LogP contribution in [0.4, 0.5) is 0 Å². The Bertz CT molecular complexity index is 295. The summed E-state index contributed by atoms with van der Waals surface area (Å²) in [5.41, 5.74) is 0. The summed E-state index contributed by atoms with van der Waals surface area (Å²) in [6.07, 6.45) is -4.80. The largest absolute Gasteiger partial charge is 2.00 e. The molecule has 0 aromatic heterocycles. The quantitative estimate of drug-likeness (QED) is 0.270. The molecule has 4 atom stereocenters. The van der Waals surface area contributed by atoms with Crippen molar-refractivity contribution < 1.29 is 44.0 Å². The first-order chi connectivity index (χ1) is 7.19. The molecule has 1 aliphatic heterocycles. The Labute approximate surface area is 137 Å². The van der Waals surface area contributed by atoms with Crippen molar-refractivity contribution in [2.45, 2.75) is 24.1 Å². The summed E-state index contributed by atoms with van der Waals surface area (Å²) < 4.78 is 18.5. The van der Waals surface area contributed by atoms with Crippen molar-refractivity contribution >= 4 is 56.7 Å². The van der Waals surface area contributed by atoms with E-state index in [0.717, 1.165) is 0 Å². The van der Waals surface area contributed by atoms with Crippen molar-refractivity contribution in [1.82, 2.24) is 0 Å². The van der Waals surface area contributed by atoms with Gasteiger partial charge in [0.15, 0.2) is 0 Å². The van der Waals surface area contributed by atoms with Gasteiger partial charge in [0.05, 0.1) is 14.4 Å². The smallest absolute Gasteiger partial charge is 0.790 e. The summed E-state index contributed by atoms with van der Waals surface area (Å²) in [4.78, 5) is 20.3. The predicted octanol–water partition coefficient (Wildman–Crippen LogP) is -4.75. The van der Waals surface area contributed by atoms with Gasteiger partial charge in [0.2, 0.25) is 5.79 Å². The van der Waals surface area contributed by atoms with E-state index in [-0.39, 0.29) is 48.9 Å². The van der Waals surface area contributed by atoms with E-state index < -0.39 is 45.1 Å². The summed E-state index contributed by atoms with van der Waals surface area (Å²) >= 11 is 0. The molecule has 0 amide bonds. The second-order valence-corrected chi connectivity index (χ2v) is 4.49. The fourth-order valence-corrected chi connectivity index (χ4v) is 1.65. The SMILES string of the molecule is O=P([O-])([O-])OCC1(O)OC(CO)C(O)C1O.[Ba+2]. The molecular formula is C6H11BaO9P. The molecule has 0 bridgehead atoms. The van der Waals surface area contributed by atoms with Gasteiger partial charge in [0.25, 0.3) is 0 Å². The molecule has 17 heavy (non-hydrogen) atoms. The Balaban J connectivity index is 0.00000256. The number of aliphatic hydroxyl groups is 4. The van der Waals surface area contributed by atoms with Gasteiger partial charge < -0.3 is 44.0 Å². The summed E-state index contributed by atoms with van der Waals surface area (Å²) in [6.45, 7) is -1.86. The topological polar surface area (TPSA) is 163 Å². The minimum Gasteiger partial charge on any atom is -0.790 e. The maximum absolute atomic E-state index is 10.2. The maximum Gasteiger partial charge on any atom is 2.00 e. The van der Waals surface area contributed by atoms with Crippen molar-refractivity contribution in [3.05, 3.63) is 0 Å². The van der Waals surface area contributed by atoms with E-state index in [1.165, 1.54) is 0 Å². The molecule has 0 aromatic rings. The number of hydrogen-bond donors (Lipinski definition) is 4. The molecule has 1 fully saturated rings. The van der Waals surface area contributed by atoms with Crippen molar-refractivity contribution in [2.75, 3.05) is 13.2 Å². The van der Waals surface area contributed by atoms with E-state index in [1.54, 1.807) is 0 Å². The molecule has 0 aliphatic carbocycles. The number of aliphatic hydroxyl groups excluding tert-OH is 3. The van der Waals surface area contributed by atoms with Crippen LogP contribution in [0.25, 0.3) is 0 Å². The number of rotatable bonds is 4. The van der Waals surface area contributed by atoms with Crippen molar-refractivity contribution in [2.24, 2.45) is 0 Å². The average Bonchev–Trinajstić information content (AvgIpc) is 2.40. The predicted molar refractivity (Wildman–Crippen MR) is 48.2 cm³/mol. The zero-order chi connectivity index (χ0) is 12.6. The third-order valence-corrected chi connectivity index (χ3v) is 2.58. The minimum absolute atomic E-state index is 0. The van der Waals surface area contributed by atoms with E-state index in [9.17, 15) is 29.7 Å². The average molecular weight is 395 g/mol. The second kappa shape index (κ2) is 6.77. The van der Waals surface area contributed by atoms with Crippen LogP contribution in [0.5, 0.6) is 0 Å². The molecule has 0 spiro atoms. The Morgan fingerprint density at radius 2 is 1.94 bits per heavy atom. The van der Waals surface area contributed by atoms with E-state index in [2.05, 4.69) is 9.26 Å². The van der Waals surface area contributed by atoms with E-state index in [1.807, 2.05) is 0 Å². The third-order valence-electron chi connectivity index (χ3n) is 2.13. The van der Waals surface area contributed by atoms with Gasteiger partial charge in [-0.2, -0.15) is 0 Å². The molecule has 1 saturated heterocycles. The summed E-state index contributed by atoms with van der Waals surface area (Å²) in [5, 5.41) is 36.8. The molecule has 0 radical (unpaired) electrons. The Morgan fingerprint density at radius 1 is 1.41 bits per heavy atom. The summed E-state index contributed by atoms with van der Waals surface area (Å²) in [7, 11) is -5.33. The Morgan fingerprint density at radius 3 is 2.29 bits per heavy atom. The number of phosphoric acid groups is 1. The Kier molecular flexibility index (Phi) is 7.36. The molecule has 0 saturated carbocycles. The van der Waals surface area contributed by atoms with Gasteiger partial charge in [-0.25, -0.2) is 0 Å². The third kappa shape index (κ3) is 4.82. The normalized spacial score (nSPS) is 37.9. The fraction of sp³-hybridized carbons (Fsp3) is 1.00. The van der Waals surface area contributed by atoms with Crippen LogP contribution in [0.2, 0.25) is 0 Å². The first-order valence-corrected chi connectivity index (χ1v) is 5.69. The van der Waals surface area contributed by atoms with Crippen LogP contribution in [0.1, 0.15) is 0 Å². The zero-order valence-corrected chi connectivity index (χ0v) is 14.0. The molecule has 96 valence electrons. The van der Waals surface area contributed by atoms with Gasteiger partial charge in [-0.1, -0.05) is 0 Å². The first kappa shape index (κ1) is 18.5. The van der Waals surface area contributed by atoms with E-state index in [0.29, 0.717) is 0 Å². The monoisotopic (exact) mass is 396 g/mol. The molecule has 1 rings (SSSR count). The van der Waals surface area contributed by atoms with E-state index >= 15 is 0 Å². The van der Waals surface area contributed by atoms with Gasteiger partial charge in [-0.05, 0) is 0 Å². The van der Waals surface area contributed by atoms with Crippen molar-refractivity contribution in [1.29, 1.82) is 0 Å². The molecule has 4 unspecified atom stereocenters. The number of ether oxygens (including phenoxy) is 1. The standard InChI is InChI=1S/C6H13O9P.Ba/c7-1-3-4(8)5(9)6(10,15-3)2-14-16(11,12)13;/h3-5,7-10H,1-2H2,(H2,11,12,13);/q;+2/p-2. The van der Waals surface area contributed by atoms with E-state index in [4.69, 9.17) is 5.11 Å². The van der Waals surface area contributed by atoms with Gasteiger partial charge in [-0.3, -0.25) is 0 Å². The molecule has 1 heterocycles. The molecule has 0 aromatic carbocycles. The number of phosphoric ester groups is 1. The minimum atomic E-state index is -5.33. The van der Waals surface area contributed by atoms with Crippen LogP contribution in [0.15, 0.2) is 0 Å². The molecule has 1 aliphatic rings. The first-order valence-electron chi connectivity index (χ1n) is 4.23. The van der Waals surface area contributed by atoms with Crippen LogP contribution in [0.3, 0.4) is 0 Å². The Hall–Kier alpha value is 1.48. The maximum atomic E-state index is 10.2. The number of hydrogen-bond acceptors (Lipinski definition) is 9. The second-order valence-electron chi connectivity index (χ2n) is 3.34. The van der Waals surface area contributed by atoms with Crippen LogP contribution in [-0.2, 0) is 13.8 Å². The van der Waals surface area contributed by atoms with Gasteiger partial charge in [-0.15, -0.1) is 0 Å². The fourth-order valence-electron chi connectivity index (χ4n) is 1.31. The summed E-state index contributed by atoms with van der Waals surface area (Å²) in [5.74, 6) is -2.54. The molecule has 11 heteroatoms. The molecule has 9 nitrogen and oxygen atoms in total. The van der Waals surface area contributed by atoms with Crippen LogP contribution in [-0.4, -0.2) is 107 Å². The van der Waals surface area contributed by atoms with Crippen molar-refractivity contribution in [3.8, 4) is 0 Å². The summed E-state index contributed by atoms with van der Waals surface area (Å²) in [6, 6.07) is 0. The van der Waals surface area contributed by atoms with Crippen LogP contribution < -0.4 is 9.79 Å². The van der Waals surface area contributed by atoms with Crippen LogP contribution in [0, 0.1) is 0 Å². The van der Waals surface area contributed by atoms with Gasteiger partial charge in [0, 0.05) is 0 Å². The van der Waals surface area contributed by atoms with Crippen molar-refractivity contribution in [3.63, 3.8) is 0 Å². The van der Waals surface area contributed by atoms with Gasteiger partial charge in [0.1, 0.15) is 24.9 Å².